The van der Waals surface area contributed by atoms with Crippen molar-refractivity contribution in [3.63, 3.8) is 0 Å². The summed E-state index contributed by atoms with van der Waals surface area (Å²) in [6.45, 7) is 32.4. The van der Waals surface area contributed by atoms with Crippen LogP contribution in [0.1, 0.15) is 0 Å². The summed E-state index contributed by atoms with van der Waals surface area (Å²) in [5, 5.41) is 3.47. The van der Waals surface area contributed by atoms with Crippen LogP contribution in [-0.4, -0.2) is 55.5 Å². The zero-order valence-corrected chi connectivity index (χ0v) is 33.0. The Labute approximate surface area is 225 Å². The zero-order valence-electron chi connectivity index (χ0n) is 23.5. The van der Waals surface area contributed by atoms with Crippen molar-refractivity contribution in [2.75, 3.05) is 0 Å². The number of hydrogen-bond donors (Lipinski definition) is 0. The minimum atomic E-state index is -2.52. The van der Waals surface area contributed by atoms with Crippen molar-refractivity contribution in [3.05, 3.63) is 60.7 Å². The predicted octanol–water partition coefficient (Wildman–Crippen LogP) is 7.06. The smallest absolute Gasteiger partial charge is 0.155 e. The summed E-state index contributed by atoms with van der Waals surface area (Å²) < 4.78 is 0. The van der Waals surface area contributed by atoms with Crippen LogP contribution in [0.3, 0.4) is 0 Å². The Morgan fingerprint density at radius 3 is 0.882 bits per heavy atom. The summed E-state index contributed by atoms with van der Waals surface area (Å²) in [7, 11) is -9.02. The highest BCUT2D eigenvalue weighted by atomic mass is 35.7. The molecule has 3 rings (SSSR count). The molecule has 0 nitrogen and oxygen atoms in total. The van der Waals surface area contributed by atoms with Crippen LogP contribution in [0.25, 0.3) is 0 Å². The van der Waals surface area contributed by atoms with Gasteiger partial charge >= 0.3 is 0 Å². The third kappa shape index (κ3) is 3.25. The first-order chi connectivity index (χ1) is 15.2. The molecule has 0 spiro atoms. The average molecular weight is 630 g/mol. The summed E-state index contributed by atoms with van der Waals surface area (Å²) in [4.78, 5) is 0. The molecule has 1 aliphatic heterocycles. The van der Waals surface area contributed by atoms with Crippen LogP contribution in [-0.2, 0) is 0 Å². The molecule has 0 saturated carbocycles. The van der Waals surface area contributed by atoms with Crippen molar-refractivity contribution in [1.29, 1.82) is 0 Å². The van der Waals surface area contributed by atoms with E-state index in [1.165, 1.54) is 0 Å². The molecule has 0 aromatic heterocycles. The van der Waals surface area contributed by atoms with Gasteiger partial charge in [0.2, 0.25) is 5.73 Å². The summed E-state index contributed by atoms with van der Waals surface area (Å²) in [6, 6.07) is 24.0. The van der Waals surface area contributed by atoms with Crippen LogP contribution < -0.4 is 10.4 Å². The third-order valence-electron chi connectivity index (χ3n) is 8.98. The molecular formula is C24H46Cl2Si8. The quantitative estimate of drug-likeness (QED) is 0.237. The lowest BCUT2D eigenvalue weighted by Gasteiger charge is -2.85. The Morgan fingerprint density at radius 1 is 0.441 bits per heavy atom. The van der Waals surface area contributed by atoms with Crippen molar-refractivity contribution < 1.29 is 0 Å². The fourth-order valence-electron chi connectivity index (χ4n) is 9.76. The molecule has 34 heavy (non-hydrogen) atoms. The second-order valence-electron chi connectivity index (χ2n) is 14.6. The normalized spacial score (nSPS) is 21.6. The van der Waals surface area contributed by atoms with Crippen LogP contribution in [0, 0.1) is 0 Å². The predicted molar refractivity (Wildman–Crippen MR) is 180 cm³/mol. The monoisotopic (exact) mass is 628 g/mol. The lowest BCUT2D eigenvalue weighted by Crippen LogP contribution is -3.24. The maximum atomic E-state index is 8.47. The Kier molecular flexibility index (Phi) is 7.45. The van der Waals surface area contributed by atoms with Crippen molar-refractivity contribution in [1.82, 2.24) is 0 Å². The van der Waals surface area contributed by atoms with Gasteiger partial charge in [0.25, 0.3) is 0 Å². The molecular weight excluding hydrogens is 584 g/mol. The van der Waals surface area contributed by atoms with Crippen molar-refractivity contribution in [2.24, 2.45) is 0 Å². The maximum Gasteiger partial charge on any atom is 0.215 e. The van der Waals surface area contributed by atoms with Crippen LogP contribution in [0.2, 0.25) is 78.6 Å². The van der Waals surface area contributed by atoms with Crippen LogP contribution in [0.4, 0.5) is 0 Å². The average Bonchev–Trinajstić information content (AvgIpc) is 2.62. The van der Waals surface area contributed by atoms with Crippen LogP contribution >= 0.6 is 22.2 Å². The molecule has 0 amide bonds. The van der Waals surface area contributed by atoms with E-state index in [1.54, 1.807) is 10.4 Å². The highest BCUT2D eigenvalue weighted by Crippen LogP contribution is 2.66. The number of rotatable bonds is 6. The number of benzene rings is 2. The fourth-order valence-corrected chi connectivity index (χ4v) is 518. The van der Waals surface area contributed by atoms with E-state index < -0.39 is 55.5 Å². The van der Waals surface area contributed by atoms with E-state index >= 15 is 0 Å². The molecule has 10 heteroatoms. The van der Waals surface area contributed by atoms with E-state index in [0.717, 1.165) is 0 Å². The van der Waals surface area contributed by atoms with Gasteiger partial charge in [-0.1, -0.05) is 150 Å². The topological polar surface area (TPSA) is 0 Å². The minimum Gasteiger partial charge on any atom is -0.155 e. The Morgan fingerprint density at radius 2 is 0.676 bits per heavy atom. The summed E-state index contributed by atoms with van der Waals surface area (Å²) in [5.41, 5.74) is -2.52. The summed E-state index contributed by atoms with van der Waals surface area (Å²) in [6.07, 6.45) is -4.14. The standard InChI is InChI=1S/C24H46Cl2Si8/c1-27(2,3)33(28(4,5)6)31(23-19-15-13-16-20-23,24-21-17-14-18-22-24)34(29(7,8)9,30(10,11)12)32(33,25)26/h13-22H,1-12H3. The molecule has 0 bridgehead atoms. The van der Waals surface area contributed by atoms with Crippen molar-refractivity contribution in [3.8, 4) is 0 Å². The van der Waals surface area contributed by atoms with E-state index in [-0.39, 0.29) is 0 Å². The van der Waals surface area contributed by atoms with Crippen LogP contribution in [0.15, 0.2) is 60.7 Å². The molecule has 0 atom stereocenters. The molecule has 0 radical (unpaired) electrons. The van der Waals surface area contributed by atoms with E-state index in [9.17, 15) is 0 Å². The van der Waals surface area contributed by atoms with Gasteiger partial charge in [-0.3, -0.25) is 0 Å². The van der Waals surface area contributed by atoms with Gasteiger partial charge in [0.05, 0.1) is 19.4 Å². The fraction of sp³-hybridized carbons (Fsp3) is 0.500. The summed E-state index contributed by atoms with van der Waals surface area (Å²) >= 11 is 16.9. The second kappa shape index (κ2) is 8.64. The highest BCUT2D eigenvalue weighted by Gasteiger charge is 2.99. The van der Waals surface area contributed by atoms with Gasteiger partial charge in [-0.25, -0.2) is 0 Å². The molecule has 1 heterocycles. The molecule has 1 aliphatic rings. The highest BCUT2D eigenvalue weighted by molar-refractivity contribution is 8.52. The second-order valence-corrected chi connectivity index (χ2v) is 113. The van der Waals surface area contributed by atoms with E-state index in [0.29, 0.717) is 0 Å². The lowest BCUT2D eigenvalue weighted by molar-refractivity contribution is 1.71. The molecule has 2 aromatic carbocycles. The first kappa shape index (κ1) is 29.3. The van der Waals surface area contributed by atoms with E-state index in [4.69, 9.17) is 22.2 Å². The SMILES string of the molecule is C[Si](C)(C)[Si]1([Si](C)(C)C)[Si](Cl)(Cl)[Si]([Si](C)(C)C)([Si](C)(C)C)[Si]1(c1ccccc1)c1ccccc1. The Hall–Kier alpha value is 0.755. The van der Waals surface area contributed by atoms with Gasteiger partial charge in [0, 0.05) is 30.4 Å². The Bertz CT molecular complexity index is 918. The first-order valence-electron chi connectivity index (χ1n) is 12.7. The zero-order chi connectivity index (χ0) is 26.2. The molecule has 2 aromatic rings. The molecule has 0 N–H and O–H groups in total. The van der Waals surface area contributed by atoms with Gasteiger partial charge in [-0.05, 0) is 0 Å². The molecule has 1 saturated heterocycles. The molecule has 0 aliphatic carbocycles. The molecule has 188 valence electrons. The van der Waals surface area contributed by atoms with Crippen molar-refractivity contribution >= 4 is 88.0 Å². The van der Waals surface area contributed by atoms with Gasteiger partial charge in [0.15, 0.2) is 0 Å². The van der Waals surface area contributed by atoms with E-state index in [1.807, 2.05) is 0 Å². The van der Waals surface area contributed by atoms with E-state index in [2.05, 4.69) is 139 Å². The Balaban J connectivity index is 2.83. The number of halogens is 2. The van der Waals surface area contributed by atoms with Crippen molar-refractivity contribution in [2.45, 2.75) is 78.6 Å². The molecule has 1 fully saturated rings. The third-order valence-corrected chi connectivity index (χ3v) is 257. The lowest BCUT2D eigenvalue weighted by atomic mass is 10.4. The van der Waals surface area contributed by atoms with Crippen LogP contribution in [0.5, 0.6) is 0 Å². The first-order valence-corrected chi connectivity index (χ1v) is 44.7. The summed E-state index contributed by atoms with van der Waals surface area (Å²) in [5.74, 6) is 0. The van der Waals surface area contributed by atoms with Gasteiger partial charge in [0.1, 0.15) is 0 Å². The number of hydrogen-bond acceptors (Lipinski definition) is 0. The van der Waals surface area contributed by atoms with Gasteiger partial charge in [-0.2, -0.15) is 22.2 Å². The largest absolute Gasteiger partial charge is 0.215 e. The maximum absolute atomic E-state index is 8.47. The van der Waals surface area contributed by atoms with Gasteiger partial charge in [-0.15, -0.1) is 0 Å². The minimum absolute atomic E-state index is 1.70. The molecule has 0 unspecified atom stereocenters. The van der Waals surface area contributed by atoms with Gasteiger partial charge < -0.3 is 0 Å².